The number of hydrogen-bond donors (Lipinski definition) is 3. The van der Waals surface area contributed by atoms with Gasteiger partial charge in [0.15, 0.2) is 0 Å². The van der Waals surface area contributed by atoms with E-state index in [1.54, 1.807) is 54.6 Å². The fraction of sp³-hybridized carbons (Fsp3) is 0.392. The zero-order chi connectivity index (χ0) is 50.7. The Bertz CT molecular complexity index is 2620. The highest BCUT2D eigenvalue weighted by Crippen LogP contribution is 2.62. The number of methoxy groups -OCH3 is 2. The van der Waals surface area contributed by atoms with Gasteiger partial charge in [-0.1, -0.05) is 30.1 Å². The number of aliphatic hydroxyl groups is 2. The van der Waals surface area contributed by atoms with Crippen molar-refractivity contribution in [2.24, 2.45) is 22.9 Å². The minimum atomic E-state index is -1.67. The number of likely N-dealkylation sites (N-methyl/N-ethyl adjacent to an activating group) is 1. The van der Waals surface area contributed by atoms with E-state index in [9.17, 15) is 40.0 Å². The van der Waals surface area contributed by atoms with Gasteiger partial charge in [0, 0.05) is 68.5 Å². The SMILES string of the molecule is C=CCOC12Oc3ccc(OC(=O)Nc4ccc(OC)cc4OC)cc3C3C(CCCCO)C(CCCCO)C=C(C(=NOCc4ccc([N+](=O)[O-])cc4)CC1N(C)C(=O)Oc1ccc([N+](=O)[O-])cc1)C32. The molecule has 0 aromatic heterocycles. The predicted octanol–water partition coefficient (Wildman–Crippen LogP) is 9.10. The molecule has 1 heterocycles. The number of hydrogen-bond acceptors (Lipinski definition) is 16. The maximum absolute atomic E-state index is 14.4. The molecule has 0 radical (unpaired) electrons. The molecule has 20 heteroatoms. The van der Waals surface area contributed by atoms with Crippen molar-refractivity contribution in [1.82, 2.24) is 4.90 Å². The van der Waals surface area contributed by atoms with Gasteiger partial charge in [0.05, 0.1) is 48.0 Å². The first-order chi connectivity index (χ1) is 34.3. The molecule has 6 unspecified atom stereocenters. The number of nitrogens with zero attached hydrogens (tertiary/aromatic N) is 4. The van der Waals surface area contributed by atoms with Crippen LogP contribution in [0, 0.1) is 38.0 Å². The normalized spacial score (nSPS) is 21.3. The minimum absolute atomic E-state index is 0.00194. The zero-order valence-corrected chi connectivity index (χ0v) is 39.6. The number of amides is 2. The summed E-state index contributed by atoms with van der Waals surface area (Å²) >= 11 is 0. The van der Waals surface area contributed by atoms with Gasteiger partial charge < -0.3 is 48.4 Å². The molecule has 4 aromatic carbocycles. The first-order valence-corrected chi connectivity index (χ1v) is 23.2. The number of nitrogens with one attached hydrogen (secondary N) is 1. The predicted molar refractivity (Wildman–Crippen MR) is 259 cm³/mol. The molecule has 2 aliphatic carbocycles. The van der Waals surface area contributed by atoms with Crippen molar-refractivity contribution in [3.63, 3.8) is 0 Å². The molecule has 1 fully saturated rings. The second kappa shape index (κ2) is 23.4. The summed E-state index contributed by atoms with van der Waals surface area (Å²) in [4.78, 5) is 57.1. The monoisotopic (exact) mass is 979 g/mol. The summed E-state index contributed by atoms with van der Waals surface area (Å²) in [6, 6.07) is 19.9. The van der Waals surface area contributed by atoms with Crippen LogP contribution in [0.1, 0.15) is 62.0 Å². The van der Waals surface area contributed by atoms with Crippen molar-refractivity contribution in [2.45, 2.75) is 69.3 Å². The molecule has 20 nitrogen and oxygen atoms in total. The summed E-state index contributed by atoms with van der Waals surface area (Å²) in [6.45, 7) is 3.83. The third kappa shape index (κ3) is 11.6. The quantitative estimate of drug-likeness (QED) is 0.0287. The Morgan fingerprint density at radius 2 is 1.54 bits per heavy atom. The number of unbranched alkanes of at least 4 members (excludes halogenated alkanes) is 2. The van der Waals surface area contributed by atoms with Crippen LogP contribution >= 0.6 is 0 Å². The van der Waals surface area contributed by atoms with E-state index >= 15 is 0 Å². The zero-order valence-electron chi connectivity index (χ0n) is 39.6. The number of rotatable bonds is 22. The summed E-state index contributed by atoms with van der Waals surface area (Å²) in [7, 11) is 4.51. The van der Waals surface area contributed by atoms with Crippen molar-refractivity contribution in [3.8, 4) is 28.7 Å². The number of oxime groups is 1. The van der Waals surface area contributed by atoms with Crippen molar-refractivity contribution in [2.75, 3.05) is 46.4 Å². The van der Waals surface area contributed by atoms with Gasteiger partial charge in [0.25, 0.3) is 11.4 Å². The summed E-state index contributed by atoms with van der Waals surface area (Å²) < 4.78 is 36.6. The lowest BCUT2D eigenvalue weighted by molar-refractivity contribution is -0.385. The molecule has 0 bridgehead atoms. The van der Waals surface area contributed by atoms with Crippen LogP contribution in [0.15, 0.2) is 114 Å². The molecule has 376 valence electrons. The average Bonchev–Trinajstić information content (AvgIpc) is 3.37. The number of nitro benzene ring substituents is 2. The molecule has 6 atom stereocenters. The van der Waals surface area contributed by atoms with Crippen LogP contribution in [0.4, 0.5) is 26.7 Å². The van der Waals surface area contributed by atoms with Gasteiger partial charge in [-0.05, 0) is 103 Å². The number of carbonyl (C=O) groups excluding carboxylic acids is 2. The third-order valence-electron chi connectivity index (χ3n) is 13.1. The lowest BCUT2D eigenvalue weighted by Gasteiger charge is -2.59. The number of anilines is 1. The first kappa shape index (κ1) is 51.3. The second-order valence-electron chi connectivity index (χ2n) is 17.3. The van der Waals surface area contributed by atoms with Gasteiger partial charge in [-0.2, -0.15) is 0 Å². The van der Waals surface area contributed by atoms with E-state index in [2.05, 4.69) is 18.0 Å². The highest BCUT2D eigenvalue weighted by molar-refractivity contribution is 6.03. The molecule has 2 amide bonds. The largest absolute Gasteiger partial charge is 0.497 e. The highest BCUT2D eigenvalue weighted by Gasteiger charge is 2.65. The van der Waals surface area contributed by atoms with Crippen LogP contribution in [0.5, 0.6) is 28.7 Å². The lowest BCUT2D eigenvalue weighted by atomic mass is 9.55. The number of allylic oxidation sites excluding steroid dienone is 1. The molecular formula is C51H57N5O15. The summed E-state index contributed by atoms with van der Waals surface area (Å²) in [5.41, 5.74) is 2.51. The highest BCUT2D eigenvalue weighted by atomic mass is 16.7. The van der Waals surface area contributed by atoms with Crippen LogP contribution in [-0.2, 0) is 16.2 Å². The first-order valence-electron chi connectivity index (χ1n) is 23.2. The van der Waals surface area contributed by atoms with Gasteiger partial charge in [-0.25, -0.2) is 9.59 Å². The van der Waals surface area contributed by atoms with Crippen LogP contribution in [0.2, 0.25) is 0 Å². The maximum Gasteiger partial charge on any atom is 0.417 e. The van der Waals surface area contributed by atoms with E-state index in [0.717, 1.165) is 0 Å². The van der Waals surface area contributed by atoms with Crippen LogP contribution in [0.25, 0.3) is 0 Å². The standard InChI is InChI=1S/C51H57N5O15/c1-5-26-67-51-46(54(2)50(60)70-36-18-16-35(17-19-36)56(63)64)30-43(53-68-31-32-12-14-34(15-13-32)55(61)62)40-27-33(10-6-8-24-57)39(11-7-9-25-58)47(48(40)51)41-28-38(21-23-44(41)71-51)69-49(59)52-42-22-20-37(65-3)29-45(42)66-4/h5,12-23,27-29,33,39,46-48,57-58H,1,6-11,24-26,30-31H2,2-4H3,(H,52,59). The fourth-order valence-corrected chi connectivity index (χ4v) is 9.77. The molecule has 71 heavy (non-hydrogen) atoms. The summed E-state index contributed by atoms with van der Waals surface area (Å²) in [6.07, 6.45) is 5.78. The Kier molecular flexibility index (Phi) is 16.9. The van der Waals surface area contributed by atoms with Crippen LogP contribution < -0.4 is 29.0 Å². The lowest BCUT2D eigenvalue weighted by Crippen LogP contribution is -2.69. The van der Waals surface area contributed by atoms with Crippen molar-refractivity contribution in [1.29, 1.82) is 0 Å². The molecule has 3 aliphatic rings. The van der Waals surface area contributed by atoms with Gasteiger partial charge >= 0.3 is 12.2 Å². The number of nitro groups is 2. The molecule has 3 N–H and O–H groups in total. The number of fused-ring (bicyclic) bond motifs is 2. The number of ether oxygens (including phenoxy) is 6. The summed E-state index contributed by atoms with van der Waals surface area (Å²) in [5, 5.41) is 50.2. The Labute approximate surface area is 409 Å². The Morgan fingerprint density at radius 3 is 2.18 bits per heavy atom. The Balaban J connectivity index is 1.36. The number of carbonyl (C=O) groups is 2. The smallest absolute Gasteiger partial charge is 0.417 e. The van der Waals surface area contributed by atoms with Gasteiger partial charge in [-0.15, -0.1) is 6.58 Å². The van der Waals surface area contributed by atoms with E-state index < -0.39 is 45.7 Å². The maximum atomic E-state index is 14.4. The van der Waals surface area contributed by atoms with Crippen molar-refractivity contribution < 1.29 is 62.9 Å². The minimum Gasteiger partial charge on any atom is -0.497 e. The molecule has 4 aromatic rings. The van der Waals surface area contributed by atoms with E-state index in [4.69, 9.17) is 38.4 Å². The number of non-ortho nitro benzene ring substituents is 2. The Hall–Kier alpha value is -7.55. The van der Waals surface area contributed by atoms with Gasteiger partial charge in [-0.3, -0.25) is 25.5 Å². The second-order valence-corrected chi connectivity index (χ2v) is 17.3. The van der Waals surface area contributed by atoms with E-state index in [1.165, 1.54) is 62.6 Å². The van der Waals surface area contributed by atoms with Gasteiger partial charge in [0.1, 0.15) is 41.4 Å². The molecule has 7 rings (SSSR count). The summed E-state index contributed by atoms with van der Waals surface area (Å²) in [5.74, 6) is -1.71. The average molecular weight is 980 g/mol. The molecule has 1 aliphatic heterocycles. The van der Waals surface area contributed by atoms with E-state index in [0.29, 0.717) is 83.9 Å². The number of benzene rings is 4. The van der Waals surface area contributed by atoms with Crippen LogP contribution in [-0.4, -0.2) is 95.8 Å². The van der Waals surface area contributed by atoms with Crippen molar-refractivity contribution >= 4 is 35.0 Å². The number of aliphatic hydroxyl groups excluding tert-OH is 2. The van der Waals surface area contributed by atoms with Gasteiger partial charge in [0.2, 0.25) is 5.79 Å². The molecule has 1 saturated carbocycles. The Morgan fingerprint density at radius 1 is 0.873 bits per heavy atom. The topological polar surface area (TPSA) is 253 Å². The molecular weight excluding hydrogens is 923 g/mol. The molecule has 0 spiro atoms. The van der Waals surface area contributed by atoms with Crippen LogP contribution in [0.3, 0.4) is 0 Å². The molecule has 0 saturated heterocycles. The van der Waals surface area contributed by atoms with E-state index in [-0.39, 0.29) is 67.6 Å². The van der Waals surface area contributed by atoms with Crippen molar-refractivity contribution in [3.05, 3.63) is 141 Å². The third-order valence-corrected chi connectivity index (χ3v) is 13.1. The fourth-order valence-electron chi connectivity index (χ4n) is 9.77. The van der Waals surface area contributed by atoms with E-state index in [1.807, 2.05) is 0 Å².